The van der Waals surface area contributed by atoms with Gasteiger partial charge in [-0.25, -0.2) is 9.78 Å². The van der Waals surface area contributed by atoms with E-state index in [1.54, 1.807) is 0 Å². The van der Waals surface area contributed by atoms with Crippen molar-refractivity contribution in [3.8, 4) is 0 Å². The first-order chi connectivity index (χ1) is 15.5. The van der Waals surface area contributed by atoms with Crippen molar-refractivity contribution in [2.75, 3.05) is 6.54 Å². The van der Waals surface area contributed by atoms with Gasteiger partial charge in [0.25, 0.3) is 0 Å². The van der Waals surface area contributed by atoms with E-state index in [9.17, 15) is 28.8 Å². The summed E-state index contributed by atoms with van der Waals surface area (Å²) < 4.78 is 0. The summed E-state index contributed by atoms with van der Waals surface area (Å²) in [7, 11) is 0. The van der Waals surface area contributed by atoms with Crippen molar-refractivity contribution in [2.24, 2.45) is 17.2 Å². The van der Waals surface area contributed by atoms with Gasteiger partial charge in [-0.2, -0.15) is 0 Å². The molecular formula is C18H28N8O7. The number of H-pyrrole nitrogens is 1. The fourth-order valence-electron chi connectivity index (χ4n) is 2.64. The van der Waals surface area contributed by atoms with E-state index in [1.165, 1.54) is 12.5 Å². The maximum Gasteiger partial charge on any atom is 0.326 e. The molecule has 1 aromatic heterocycles. The Labute approximate surface area is 188 Å². The van der Waals surface area contributed by atoms with Crippen LogP contribution in [0.4, 0.5) is 0 Å². The maximum absolute atomic E-state index is 12.5. The van der Waals surface area contributed by atoms with Crippen LogP contribution in [0.3, 0.4) is 0 Å². The average Bonchev–Trinajstić information content (AvgIpc) is 3.24. The molecule has 5 amide bonds. The van der Waals surface area contributed by atoms with Crippen LogP contribution >= 0.6 is 0 Å². The Morgan fingerprint density at radius 2 is 1.58 bits per heavy atom. The number of carboxylic acids is 1. The molecular weight excluding hydrogens is 440 g/mol. The minimum Gasteiger partial charge on any atom is -0.480 e. The van der Waals surface area contributed by atoms with Crippen LogP contribution in [-0.2, 0) is 35.2 Å². The van der Waals surface area contributed by atoms with Crippen LogP contribution in [0.5, 0.6) is 0 Å². The highest BCUT2D eigenvalue weighted by atomic mass is 16.4. The first-order valence-electron chi connectivity index (χ1n) is 9.89. The number of hydrogen-bond donors (Lipinski definition) is 8. The van der Waals surface area contributed by atoms with Gasteiger partial charge >= 0.3 is 5.97 Å². The first kappa shape index (κ1) is 27.0. The number of rotatable bonds is 15. The molecule has 0 aliphatic carbocycles. The molecule has 0 aromatic carbocycles. The van der Waals surface area contributed by atoms with Crippen molar-refractivity contribution >= 4 is 35.5 Å². The highest BCUT2D eigenvalue weighted by molar-refractivity contribution is 5.93. The summed E-state index contributed by atoms with van der Waals surface area (Å²) in [6.45, 7) is -0.623. The summed E-state index contributed by atoms with van der Waals surface area (Å²) in [5.41, 5.74) is 16.5. The van der Waals surface area contributed by atoms with Gasteiger partial charge in [-0.05, 0) is 12.8 Å². The normalized spacial score (nSPS) is 13.2. The second-order valence-corrected chi connectivity index (χ2v) is 7.13. The summed E-state index contributed by atoms with van der Waals surface area (Å²) in [6.07, 6.45) is 2.14. The number of nitrogens with one attached hydrogen (secondary N) is 4. The first-order valence-corrected chi connectivity index (χ1v) is 9.89. The molecule has 1 heterocycles. The molecule has 0 bridgehead atoms. The van der Waals surface area contributed by atoms with Gasteiger partial charge in [-0.15, -0.1) is 0 Å². The van der Waals surface area contributed by atoms with Gasteiger partial charge in [0.15, 0.2) is 0 Å². The zero-order chi connectivity index (χ0) is 25.0. The average molecular weight is 468 g/mol. The van der Waals surface area contributed by atoms with E-state index in [2.05, 4.69) is 25.9 Å². The molecule has 0 aliphatic heterocycles. The quantitative estimate of drug-likeness (QED) is 0.124. The Morgan fingerprint density at radius 3 is 2.09 bits per heavy atom. The largest absolute Gasteiger partial charge is 0.480 e. The van der Waals surface area contributed by atoms with Crippen LogP contribution in [0.2, 0.25) is 0 Å². The van der Waals surface area contributed by atoms with Crippen LogP contribution in [0, 0.1) is 0 Å². The zero-order valence-electron chi connectivity index (χ0n) is 17.7. The van der Waals surface area contributed by atoms with Crippen molar-refractivity contribution in [2.45, 2.75) is 50.2 Å². The number of amides is 5. The SMILES string of the molecule is NC(=O)CCC(NC(=O)CNC(=O)C(CCC(N)=O)NC(=O)C(N)Cc1cnc[nH]1)C(=O)O. The molecule has 0 aliphatic rings. The lowest BCUT2D eigenvalue weighted by molar-refractivity contribution is -0.142. The summed E-state index contributed by atoms with van der Waals surface area (Å²) in [6, 6.07) is -3.64. The van der Waals surface area contributed by atoms with Gasteiger partial charge in [0.2, 0.25) is 29.5 Å². The third-order valence-electron chi connectivity index (χ3n) is 4.38. The van der Waals surface area contributed by atoms with Gasteiger partial charge in [-0.3, -0.25) is 24.0 Å². The Hall–Kier alpha value is -4.01. The van der Waals surface area contributed by atoms with Crippen LogP contribution in [0.25, 0.3) is 0 Å². The molecule has 182 valence electrons. The van der Waals surface area contributed by atoms with Crippen molar-refractivity contribution in [3.63, 3.8) is 0 Å². The Kier molecular flexibility index (Phi) is 11.0. The van der Waals surface area contributed by atoms with Gasteiger partial charge in [0.05, 0.1) is 18.9 Å². The number of aromatic nitrogens is 2. The van der Waals surface area contributed by atoms with Crippen LogP contribution in [0.15, 0.2) is 12.5 Å². The van der Waals surface area contributed by atoms with Gasteiger partial charge in [0.1, 0.15) is 12.1 Å². The fourth-order valence-corrected chi connectivity index (χ4v) is 2.64. The zero-order valence-corrected chi connectivity index (χ0v) is 17.7. The van der Waals surface area contributed by atoms with E-state index in [0.717, 1.165) is 0 Å². The molecule has 0 saturated carbocycles. The molecule has 15 heteroatoms. The van der Waals surface area contributed by atoms with Crippen LogP contribution < -0.4 is 33.2 Å². The summed E-state index contributed by atoms with van der Waals surface area (Å²) >= 11 is 0. The number of hydrogen-bond acceptors (Lipinski definition) is 8. The molecule has 3 unspecified atom stereocenters. The topological polar surface area (TPSA) is 265 Å². The van der Waals surface area contributed by atoms with Gasteiger partial charge in [0, 0.05) is 31.2 Å². The van der Waals surface area contributed by atoms with Crippen molar-refractivity contribution in [1.82, 2.24) is 25.9 Å². The molecule has 3 atom stereocenters. The van der Waals surface area contributed by atoms with E-state index in [1.807, 2.05) is 0 Å². The summed E-state index contributed by atoms with van der Waals surface area (Å²) in [4.78, 5) is 76.5. The van der Waals surface area contributed by atoms with Crippen molar-refractivity contribution < 1.29 is 33.9 Å². The standard InChI is InChI=1S/C18H28N8O7/c19-10(5-9-6-22-8-24-9)16(30)26-11(1-3-13(20)27)17(31)23-7-15(29)25-12(18(32)33)2-4-14(21)28/h6,8,10-12H,1-5,7,19H2,(H2,20,27)(H2,21,28)(H,22,24)(H,23,31)(H,25,29)(H,26,30)(H,32,33). The van der Waals surface area contributed by atoms with E-state index < -0.39 is 60.2 Å². The highest BCUT2D eigenvalue weighted by Crippen LogP contribution is 2.02. The van der Waals surface area contributed by atoms with Crippen LogP contribution in [0.1, 0.15) is 31.4 Å². The number of primary amides is 2. The van der Waals surface area contributed by atoms with E-state index in [4.69, 9.17) is 22.3 Å². The molecule has 0 fully saturated rings. The Balaban J connectivity index is 2.66. The second kappa shape index (κ2) is 13.4. The summed E-state index contributed by atoms with van der Waals surface area (Å²) in [5.74, 6) is -5.17. The van der Waals surface area contributed by atoms with E-state index in [-0.39, 0.29) is 32.1 Å². The van der Waals surface area contributed by atoms with Crippen LogP contribution in [-0.4, -0.2) is 75.2 Å². The smallest absolute Gasteiger partial charge is 0.326 e. The number of nitrogens with zero attached hydrogens (tertiary/aromatic N) is 1. The number of nitrogens with two attached hydrogens (primary N) is 3. The van der Waals surface area contributed by atoms with E-state index >= 15 is 0 Å². The second-order valence-electron chi connectivity index (χ2n) is 7.13. The van der Waals surface area contributed by atoms with Crippen molar-refractivity contribution in [1.29, 1.82) is 0 Å². The highest BCUT2D eigenvalue weighted by Gasteiger charge is 2.26. The molecule has 15 nitrogen and oxygen atoms in total. The van der Waals surface area contributed by atoms with E-state index in [0.29, 0.717) is 5.69 Å². The Morgan fingerprint density at radius 1 is 0.970 bits per heavy atom. The molecule has 1 rings (SSSR count). The minimum absolute atomic E-state index is 0.111. The molecule has 0 radical (unpaired) electrons. The number of imidazole rings is 1. The molecule has 0 spiro atoms. The predicted molar refractivity (Wildman–Crippen MR) is 112 cm³/mol. The molecule has 11 N–H and O–H groups in total. The molecule has 0 saturated heterocycles. The number of aromatic amines is 1. The third-order valence-corrected chi connectivity index (χ3v) is 4.38. The van der Waals surface area contributed by atoms with Gasteiger partial charge < -0.3 is 43.2 Å². The number of aliphatic carboxylic acids is 1. The fraction of sp³-hybridized carbons (Fsp3) is 0.500. The van der Waals surface area contributed by atoms with Crippen molar-refractivity contribution in [3.05, 3.63) is 18.2 Å². The predicted octanol–water partition coefficient (Wildman–Crippen LogP) is -4.02. The monoisotopic (exact) mass is 468 g/mol. The molecule has 33 heavy (non-hydrogen) atoms. The number of carboxylic acid groups (broad SMARTS) is 1. The lowest BCUT2D eigenvalue weighted by Crippen LogP contribution is -2.54. The maximum atomic E-state index is 12.5. The lowest BCUT2D eigenvalue weighted by atomic mass is 10.1. The third kappa shape index (κ3) is 10.7. The Bertz CT molecular complexity index is 858. The molecule has 1 aromatic rings. The number of carbonyl (C=O) groups excluding carboxylic acids is 5. The summed E-state index contributed by atoms with van der Waals surface area (Å²) in [5, 5.41) is 15.9. The number of carbonyl (C=O) groups is 6. The lowest BCUT2D eigenvalue weighted by Gasteiger charge is -2.20. The minimum atomic E-state index is -1.38. The van der Waals surface area contributed by atoms with Gasteiger partial charge in [-0.1, -0.05) is 0 Å².